The van der Waals surface area contributed by atoms with Crippen LogP contribution in [0.1, 0.15) is 19.2 Å². The van der Waals surface area contributed by atoms with Gasteiger partial charge in [-0.15, -0.1) is 0 Å². The number of rotatable bonds is 7. The summed E-state index contributed by atoms with van der Waals surface area (Å²) in [5.74, 6) is 0.673. The summed E-state index contributed by atoms with van der Waals surface area (Å²) in [6, 6.07) is 7.22. The number of nitrogens with zero attached hydrogens (tertiary/aromatic N) is 1. The van der Waals surface area contributed by atoms with E-state index in [9.17, 15) is 9.59 Å². The van der Waals surface area contributed by atoms with Crippen LogP contribution in [-0.4, -0.2) is 29.9 Å². The molecule has 1 aromatic heterocycles. The summed E-state index contributed by atoms with van der Waals surface area (Å²) < 4.78 is 5.61. The van der Waals surface area contributed by atoms with Crippen molar-refractivity contribution in [2.24, 2.45) is 0 Å². The van der Waals surface area contributed by atoms with Crippen LogP contribution in [-0.2, 0) is 16.0 Å². The molecule has 0 aliphatic rings. The minimum atomic E-state index is -0.220. The number of oxazole rings is 1. The molecular formula is C16H18ClN3O3. The minimum absolute atomic E-state index is 0.0196. The quantitative estimate of drug-likeness (QED) is 0.812. The van der Waals surface area contributed by atoms with Gasteiger partial charge in [-0.1, -0.05) is 11.6 Å². The number of likely N-dealkylation sites (N-methyl/N-ethyl adjacent to an activating group) is 1. The Morgan fingerprint density at radius 1 is 1.17 bits per heavy atom. The molecule has 2 N–H and O–H groups in total. The number of halogens is 1. The topological polar surface area (TPSA) is 84.2 Å². The summed E-state index contributed by atoms with van der Waals surface area (Å²) in [6.07, 6.45) is 2.19. The van der Waals surface area contributed by atoms with Gasteiger partial charge < -0.3 is 15.1 Å². The zero-order valence-electron chi connectivity index (χ0n) is 12.8. The molecule has 0 spiro atoms. The van der Waals surface area contributed by atoms with Gasteiger partial charge in [-0.25, -0.2) is 4.98 Å². The first-order valence-corrected chi connectivity index (χ1v) is 7.70. The Hall–Kier alpha value is -2.34. The van der Waals surface area contributed by atoms with Crippen molar-refractivity contribution in [1.29, 1.82) is 0 Å². The van der Waals surface area contributed by atoms with E-state index >= 15 is 0 Å². The molecule has 0 bridgehead atoms. The number of benzene rings is 1. The lowest BCUT2D eigenvalue weighted by atomic mass is 10.2. The van der Waals surface area contributed by atoms with E-state index in [-0.39, 0.29) is 24.8 Å². The smallest absolute Gasteiger partial charge is 0.239 e. The highest BCUT2D eigenvalue weighted by Gasteiger charge is 2.10. The van der Waals surface area contributed by atoms with Gasteiger partial charge in [-0.05, 0) is 31.2 Å². The van der Waals surface area contributed by atoms with Crippen molar-refractivity contribution in [3.63, 3.8) is 0 Å². The number of amides is 2. The van der Waals surface area contributed by atoms with Crippen molar-refractivity contribution in [3.05, 3.63) is 41.4 Å². The van der Waals surface area contributed by atoms with Crippen molar-refractivity contribution in [1.82, 2.24) is 15.6 Å². The highest BCUT2D eigenvalue weighted by molar-refractivity contribution is 6.30. The highest BCUT2D eigenvalue weighted by atomic mass is 35.5. The van der Waals surface area contributed by atoms with E-state index in [2.05, 4.69) is 15.6 Å². The molecule has 2 rings (SSSR count). The molecule has 0 unspecified atom stereocenters. The highest BCUT2D eigenvalue weighted by Crippen LogP contribution is 2.22. The fourth-order valence-electron chi connectivity index (χ4n) is 1.92. The Bertz CT molecular complexity index is 667. The Balaban J connectivity index is 1.81. The number of carbonyl (C=O) groups excluding carboxylic acids is 2. The lowest BCUT2D eigenvalue weighted by Gasteiger charge is -2.04. The maximum Gasteiger partial charge on any atom is 0.239 e. The minimum Gasteiger partial charge on any atom is -0.441 e. The van der Waals surface area contributed by atoms with Gasteiger partial charge in [0.1, 0.15) is 0 Å². The first kappa shape index (κ1) is 17.0. The molecule has 1 aromatic carbocycles. The fourth-order valence-corrected chi connectivity index (χ4v) is 2.05. The molecule has 0 fully saturated rings. The van der Waals surface area contributed by atoms with Crippen LogP contribution in [0.25, 0.3) is 11.3 Å². The summed E-state index contributed by atoms with van der Waals surface area (Å²) in [5, 5.41) is 5.80. The van der Waals surface area contributed by atoms with Crippen molar-refractivity contribution in [3.8, 4) is 11.3 Å². The monoisotopic (exact) mass is 335 g/mol. The molecule has 122 valence electrons. The van der Waals surface area contributed by atoms with E-state index in [1.807, 2.05) is 19.1 Å². The standard InChI is InChI=1S/C16H18ClN3O3/c1-2-18-15(22)10-19-14(21)7-8-16-20-9-13(23-16)11-3-5-12(17)6-4-11/h3-6,9H,2,7-8,10H2,1H3,(H,18,22)(H,19,21). The second kappa shape index (κ2) is 8.33. The summed E-state index contributed by atoms with van der Waals surface area (Å²) in [5.41, 5.74) is 0.869. The zero-order valence-corrected chi connectivity index (χ0v) is 13.5. The third kappa shape index (κ3) is 5.41. The van der Waals surface area contributed by atoms with Crippen LogP contribution >= 0.6 is 11.6 Å². The van der Waals surface area contributed by atoms with E-state index in [1.165, 1.54) is 0 Å². The van der Waals surface area contributed by atoms with E-state index < -0.39 is 0 Å². The third-order valence-electron chi connectivity index (χ3n) is 3.07. The van der Waals surface area contributed by atoms with Crippen LogP contribution < -0.4 is 10.6 Å². The molecule has 0 radical (unpaired) electrons. The van der Waals surface area contributed by atoms with E-state index in [4.69, 9.17) is 16.0 Å². The number of aromatic nitrogens is 1. The Morgan fingerprint density at radius 3 is 2.61 bits per heavy atom. The van der Waals surface area contributed by atoms with Crippen molar-refractivity contribution in [2.45, 2.75) is 19.8 Å². The van der Waals surface area contributed by atoms with Crippen LogP contribution in [0.5, 0.6) is 0 Å². The van der Waals surface area contributed by atoms with Gasteiger partial charge in [0.05, 0.1) is 12.7 Å². The van der Waals surface area contributed by atoms with E-state index in [0.29, 0.717) is 29.6 Å². The molecular weight excluding hydrogens is 318 g/mol. The Labute approximate surface area is 139 Å². The number of hydrogen-bond donors (Lipinski definition) is 2. The van der Waals surface area contributed by atoms with Crippen molar-refractivity contribution >= 4 is 23.4 Å². The predicted molar refractivity (Wildman–Crippen MR) is 87.0 cm³/mol. The van der Waals surface area contributed by atoms with E-state index in [1.54, 1.807) is 18.3 Å². The molecule has 0 saturated carbocycles. The van der Waals surface area contributed by atoms with Crippen LogP contribution in [0.2, 0.25) is 5.02 Å². The first-order chi connectivity index (χ1) is 11.1. The predicted octanol–water partition coefficient (Wildman–Crippen LogP) is 2.18. The van der Waals surface area contributed by atoms with Gasteiger partial charge in [0.2, 0.25) is 11.8 Å². The summed E-state index contributed by atoms with van der Waals surface area (Å²) >= 11 is 5.84. The molecule has 0 atom stereocenters. The summed E-state index contributed by atoms with van der Waals surface area (Å²) in [4.78, 5) is 27.1. The number of nitrogens with one attached hydrogen (secondary N) is 2. The molecule has 2 aromatic rings. The second-order valence-corrected chi connectivity index (χ2v) is 5.29. The van der Waals surface area contributed by atoms with Crippen LogP contribution in [0.3, 0.4) is 0 Å². The maximum atomic E-state index is 11.7. The van der Waals surface area contributed by atoms with Gasteiger partial charge in [-0.2, -0.15) is 0 Å². The molecule has 0 saturated heterocycles. The molecule has 6 nitrogen and oxygen atoms in total. The number of hydrogen-bond acceptors (Lipinski definition) is 4. The lowest BCUT2D eigenvalue weighted by Crippen LogP contribution is -2.36. The third-order valence-corrected chi connectivity index (χ3v) is 3.32. The van der Waals surface area contributed by atoms with Gasteiger partial charge in [0.25, 0.3) is 0 Å². The Morgan fingerprint density at radius 2 is 1.91 bits per heavy atom. The molecule has 0 aliphatic carbocycles. The normalized spacial score (nSPS) is 10.3. The van der Waals surface area contributed by atoms with Gasteiger partial charge in [-0.3, -0.25) is 9.59 Å². The van der Waals surface area contributed by atoms with Crippen LogP contribution in [0.4, 0.5) is 0 Å². The average molecular weight is 336 g/mol. The van der Waals surface area contributed by atoms with Crippen LogP contribution in [0, 0.1) is 0 Å². The Kier molecular flexibility index (Phi) is 6.17. The van der Waals surface area contributed by atoms with Gasteiger partial charge >= 0.3 is 0 Å². The van der Waals surface area contributed by atoms with Crippen LogP contribution in [0.15, 0.2) is 34.9 Å². The van der Waals surface area contributed by atoms with Gasteiger partial charge in [0, 0.05) is 30.0 Å². The molecule has 0 aliphatic heterocycles. The summed E-state index contributed by atoms with van der Waals surface area (Å²) in [7, 11) is 0. The number of carbonyl (C=O) groups is 2. The zero-order chi connectivity index (χ0) is 16.7. The fraction of sp³-hybridized carbons (Fsp3) is 0.312. The molecule has 23 heavy (non-hydrogen) atoms. The molecule has 1 heterocycles. The SMILES string of the molecule is CCNC(=O)CNC(=O)CCc1ncc(-c2ccc(Cl)cc2)o1. The van der Waals surface area contributed by atoms with Crippen molar-refractivity contribution in [2.75, 3.05) is 13.1 Å². The first-order valence-electron chi connectivity index (χ1n) is 7.32. The summed E-state index contributed by atoms with van der Waals surface area (Å²) in [6.45, 7) is 2.34. The lowest BCUT2D eigenvalue weighted by molar-refractivity contribution is -0.126. The van der Waals surface area contributed by atoms with Crippen molar-refractivity contribution < 1.29 is 14.0 Å². The molecule has 2 amide bonds. The maximum absolute atomic E-state index is 11.7. The number of aryl methyl sites for hydroxylation is 1. The van der Waals surface area contributed by atoms with E-state index in [0.717, 1.165) is 5.56 Å². The second-order valence-electron chi connectivity index (χ2n) is 4.86. The largest absolute Gasteiger partial charge is 0.441 e. The molecule has 7 heteroatoms. The average Bonchev–Trinajstić information content (AvgIpc) is 3.01. The van der Waals surface area contributed by atoms with Gasteiger partial charge in [0.15, 0.2) is 11.7 Å².